The summed E-state index contributed by atoms with van der Waals surface area (Å²) < 4.78 is 59.1. The Balaban J connectivity index is 2.24. The predicted octanol–water partition coefficient (Wildman–Crippen LogP) is -0.783. The molecular formula is C7H8F3N5O3S. The quantitative estimate of drug-likeness (QED) is 0.741. The normalized spacial score (nSPS) is 21.2. The van der Waals surface area contributed by atoms with E-state index in [1.165, 1.54) is 0 Å². The third-order valence-electron chi connectivity index (χ3n) is 2.54. The fraction of sp³-hybridized carbons (Fsp3) is 0.571. The number of hydrogen-bond acceptors (Lipinski definition) is 5. The van der Waals surface area contributed by atoms with Crippen LogP contribution in [-0.2, 0) is 21.0 Å². The summed E-state index contributed by atoms with van der Waals surface area (Å²) in [6.07, 6.45) is -5.14. The van der Waals surface area contributed by atoms with Crippen molar-refractivity contribution in [2.24, 2.45) is 5.14 Å². The molecule has 1 aliphatic rings. The van der Waals surface area contributed by atoms with E-state index in [1.54, 1.807) is 5.10 Å². The molecule has 3 N–H and O–H groups in total. The number of halogens is 3. The first-order valence-electron chi connectivity index (χ1n) is 4.90. The van der Waals surface area contributed by atoms with Crippen LogP contribution in [0.15, 0.2) is 0 Å². The average molecular weight is 299 g/mol. The maximum Gasteiger partial charge on any atom is 0.451 e. The predicted molar refractivity (Wildman–Crippen MR) is 55.2 cm³/mol. The molecule has 0 aromatic carbocycles. The molecule has 1 aliphatic heterocycles. The second-order valence-corrected chi connectivity index (χ2v) is 5.75. The lowest BCUT2D eigenvalue weighted by molar-refractivity contribution is -0.144. The Bertz CT molecular complexity index is 610. The smallest absolute Gasteiger partial charge is 0.278 e. The van der Waals surface area contributed by atoms with Crippen LogP contribution in [0.1, 0.15) is 12.2 Å². The van der Waals surface area contributed by atoms with Gasteiger partial charge in [0.15, 0.2) is 0 Å². The van der Waals surface area contributed by atoms with Gasteiger partial charge in [-0.05, 0) is 0 Å². The number of alkyl halides is 3. The van der Waals surface area contributed by atoms with Crippen molar-refractivity contribution in [3.63, 3.8) is 0 Å². The Hall–Kier alpha value is -1.69. The van der Waals surface area contributed by atoms with E-state index < -0.39 is 45.6 Å². The van der Waals surface area contributed by atoms with Crippen molar-refractivity contribution in [1.29, 1.82) is 0 Å². The number of aromatic nitrogens is 3. The van der Waals surface area contributed by atoms with Crippen molar-refractivity contribution in [3.8, 4) is 0 Å². The van der Waals surface area contributed by atoms with Crippen LogP contribution < -0.4 is 10.0 Å². The third-order valence-corrected chi connectivity index (χ3v) is 3.78. The average Bonchev–Trinajstić information content (AvgIpc) is 2.80. The number of nitrogens with two attached hydrogens (primary N) is 1. The highest BCUT2D eigenvalue weighted by atomic mass is 32.2. The van der Waals surface area contributed by atoms with Crippen LogP contribution in [0.5, 0.6) is 0 Å². The lowest BCUT2D eigenvalue weighted by Gasteiger charge is -2.10. The number of carbonyl (C=O) groups is 1. The van der Waals surface area contributed by atoms with Gasteiger partial charge in [-0.2, -0.15) is 18.2 Å². The minimum atomic E-state index is -4.73. The molecule has 1 aromatic heterocycles. The van der Waals surface area contributed by atoms with Gasteiger partial charge < -0.3 is 0 Å². The lowest BCUT2D eigenvalue weighted by Crippen LogP contribution is -2.32. The highest BCUT2D eigenvalue weighted by Crippen LogP contribution is 2.28. The maximum absolute atomic E-state index is 12.3. The number of nitrogens with one attached hydrogen (secondary N) is 1. The molecule has 0 saturated carbocycles. The Morgan fingerprint density at radius 3 is 2.47 bits per heavy atom. The minimum absolute atomic E-state index is 0.368. The summed E-state index contributed by atoms with van der Waals surface area (Å²) in [5.74, 6) is -2.59. The number of rotatable bonds is 2. The Kier molecular flexibility index (Phi) is 3.01. The van der Waals surface area contributed by atoms with Gasteiger partial charge in [-0.25, -0.2) is 13.6 Å². The SMILES string of the molecule is NS(=O)(=O)C1CC(=O)N(c2n[nH]c(C(F)(F)F)n2)C1. The molecule has 1 aromatic rings. The molecule has 0 spiro atoms. The van der Waals surface area contributed by atoms with Crippen LogP contribution >= 0.6 is 0 Å². The number of aromatic amines is 1. The Morgan fingerprint density at radius 2 is 2.05 bits per heavy atom. The van der Waals surface area contributed by atoms with Gasteiger partial charge in [0, 0.05) is 13.0 Å². The van der Waals surface area contributed by atoms with Gasteiger partial charge in [-0.15, -0.1) is 5.10 Å². The summed E-state index contributed by atoms with van der Waals surface area (Å²) >= 11 is 0. The number of anilines is 1. The fourth-order valence-corrected chi connectivity index (χ4v) is 2.32. The largest absolute Gasteiger partial charge is 0.451 e. The zero-order valence-corrected chi connectivity index (χ0v) is 9.99. The molecule has 0 aliphatic carbocycles. The third kappa shape index (κ3) is 2.68. The molecule has 19 heavy (non-hydrogen) atoms. The molecule has 0 radical (unpaired) electrons. The Labute approximate surface area is 104 Å². The van der Waals surface area contributed by atoms with Gasteiger partial charge in [-0.1, -0.05) is 0 Å². The summed E-state index contributed by atoms with van der Waals surface area (Å²) in [6, 6.07) is 0. The van der Waals surface area contributed by atoms with Crippen molar-refractivity contribution in [1.82, 2.24) is 15.2 Å². The maximum atomic E-state index is 12.3. The first-order chi connectivity index (χ1) is 8.59. The van der Waals surface area contributed by atoms with Gasteiger partial charge in [0.2, 0.25) is 21.8 Å². The number of amides is 1. The molecule has 1 fully saturated rings. The monoisotopic (exact) mass is 299 g/mol. The minimum Gasteiger partial charge on any atom is -0.278 e. The van der Waals surface area contributed by atoms with E-state index in [-0.39, 0.29) is 6.54 Å². The summed E-state index contributed by atoms with van der Waals surface area (Å²) in [6.45, 7) is -0.368. The number of H-pyrrole nitrogens is 1. The lowest BCUT2D eigenvalue weighted by atomic mass is 10.4. The summed E-state index contributed by atoms with van der Waals surface area (Å²) in [5.41, 5.74) is 0. The van der Waals surface area contributed by atoms with E-state index in [9.17, 15) is 26.4 Å². The topological polar surface area (TPSA) is 122 Å². The molecule has 12 heteroatoms. The van der Waals surface area contributed by atoms with E-state index >= 15 is 0 Å². The van der Waals surface area contributed by atoms with Crippen molar-refractivity contribution in [3.05, 3.63) is 5.82 Å². The van der Waals surface area contributed by atoms with E-state index in [2.05, 4.69) is 10.1 Å². The molecule has 2 heterocycles. The number of nitrogens with zero attached hydrogens (tertiary/aromatic N) is 3. The van der Waals surface area contributed by atoms with E-state index in [0.717, 1.165) is 4.90 Å². The number of hydrogen-bond donors (Lipinski definition) is 2. The molecule has 1 saturated heterocycles. The molecule has 8 nitrogen and oxygen atoms in total. The first kappa shape index (κ1) is 13.7. The summed E-state index contributed by atoms with van der Waals surface area (Å²) in [4.78, 5) is 15.4. The molecule has 1 amide bonds. The van der Waals surface area contributed by atoms with Crippen molar-refractivity contribution < 1.29 is 26.4 Å². The van der Waals surface area contributed by atoms with Crippen LogP contribution in [0.4, 0.5) is 19.1 Å². The van der Waals surface area contributed by atoms with Gasteiger partial charge in [0.1, 0.15) is 5.25 Å². The molecular weight excluding hydrogens is 291 g/mol. The second-order valence-electron chi connectivity index (χ2n) is 3.90. The zero-order valence-electron chi connectivity index (χ0n) is 9.18. The summed E-state index contributed by atoms with van der Waals surface area (Å²) in [7, 11) is -3.95. The van der Waals surface area contributed by atoms with Crippen molar-refractivity contribution in [2.45, 2.75) is 17.8 Å². The number of primary sulfonamides is 1. The second kappa shape index (κ2) is 4.16. The highest BCUT2D eigenvalue weighted by molar-refractivity contribution is 7.89. The van der Waals surface area contributed by atoms with Gasteiger partial charge in [-0.3, -0.25) is 14.8 Å². The summed E-state index contributed by atoms with van der Waals surface area (Å²) in [5, 5.41) is 8.59. The standard InChI is InChI=1S/C7H8F3N5O3S/c8-7(9,10)5-12-6(14-13-5)15-2-3(1-4(15)16)19(11,17)18/h3H,1-2H2,(H2,11,17,18)(H,12,13,14). The van der Waals surface area contributed by atoms with E-state index in [4.69, 9.17) is 5.14 Å². The molecule has 1 atom stereocenters. The van der Waals surface area contributed by atoms with Crippen molar-refractivity contribution in [2.75, 3.05) is 11.4 Å². The van der Waals surface area contributed by atoms with E-state index in [0.29, 0.717) is 0 Å². The van der Waals surface area contributed by atoms with Gasteiger partial charge >= 0.3 is 6.18 Å². The molecule has 0 bridgehead atoms. The van der Waals surface area contributed by atoms with Crippen molar-refractivity contribution >= 4 is 21.9 Å². The van der Waals surface area contributed by atoms with Gasteiger partial charge in [0.25, 0.3) is 5.95 Å². The number of sulfonamides is 1. The Morgan fingerprint density at radius 1 is 1.42 bits per heavy atom. The molecule has 2 rings (SSSR count). The zero-order chi connectivity index (χ0) is 14.4. The first-order valence-corrected chi connectivity index (χ1v) is 6.51. The molecule has 1 unspecified atom stereocenters. The fourth-order valence-electron chi connectivity index (χ4n) is 1.59. The van der Waals surface area contributed by atoms with Crippen LogP contribution in [0.3, 0.4) is 0 Å². The van der Waals surface area contributed by atoms with E-state index in [1.807, 2.05) is 0 Å². The van der Waals surface area contributed by atoms with Crippen LogP contribution in [0, 0.1) is 0 Å². The highest BCUT2D eigenvalue weighted by Gasteiger charge is 2.41. The molecule has 106 valence electrons. The number of carbonyl (C=O) groups excluding carboxylic acids is 1. The van der Waals surface area contributed by atoms with Crippen LogP contribution in [-0.4, -0.2) is 41.3 Å². The van der Waals surface area contributed by atoms with Crippen LogP contribution in [0.25, 0.3) is 0 Å². The van der Waals surface area contributed by atoms with Gasteiger partial charge in [0.05, 0.1) is 0 Å². The van der Waals surface area contributed by atoms with Crippen LogP contribution in [0.2, 0.25) is 0 Å².